The molecule has 2 aromatic carbocycles. The molecule has 0 saturated heterocycles. The second kappa shape index (κ2) is 7.43. The van der Waals surface area contributed by atoms with Gasteiger partial charge in [-0.15, -0.1) is 0 Å². The molecule has 4 rings (SSSR count). The molecule has 1 fully saturated rings. The molecule has 2 aliphatic rings. The number of ether oxygens (including phenoxy) is 1. The standard InChI is InChI=1S/C22H25N3O2/c1-27-20(26)17-11-9-16(10-12-17)15-23-21-22(13-5-2-6-14-22)25-19-8-4-3-7-18(19)24-21/h3-4,7-12,25H,2,5-6,13-15H2,1H3,(H,23,24). The first-order valence-electron chi connectivity index (χ1n) is 9.57. The summed E-state index contributed by atoms with van der Waals surface area (Å²) in [6.45, 7) is 0.579. The number of carbonyl (C=O) groups is 1. The van der Waals surface area contributed by atoms with Crippen molar-refractivity contribution in [3.63, 3.8) is 0 Å². The van der Waals surface area contributed by atoms with Crippen LogP contribution in [0.1, 0.15) is 48.0 Å². The maximum Gasteiger partial charge on any atom is 0.337 e. The van der Waals surface area contributed by atoms with Gasteiger partial charge in [-0.1, -0.05) is 43.5 Å². The highest BCUT2D eigenvalue weighted by Crippen LogP contribution is 2.39. The van der Waals surface area contributed by atoms with Crippen LogP contribution in [-0.4, -0.2) is 24.5 Å². The van der Waals surface area contributed by atoms with Crippen molar-refractivity contribution in [3.05, 3.63) is 59.7 Å². The van der Waals surface area contributed by atoms with E-state index in [1.807, 2.05) is 18.2 Å². The third-order valence-corrected chi connectivity index (χ3v) is 5.51. The lowest BCUT2D eigenvalue weighted by Crippen LogP contribution is -2.53. The number of hydrogen-bond acceptors (Lipinski definition) is 4. The average Bonchev–Trinajstić information content (AvgIpc) is 2.72. The Bertz CT molecular complexity index is 852. The maximum atomic E-state index is 11.6. The number of aliphatic imine (C=N–C) groups is 1. The Morgan fingerprint density at radius 2 is 1.74 bits per heavy atom. The van der Waals surface area contributed by atoms with Crippen molar-refractivity contribution in [1.29, 1.82) is 0 Å². The minimum atomic E-state index is -0.316. The van der Waals surface area contributed by atoms with E-state index in [2.05, 4.69) is 28.8 Å². The smallest absolute Gasteiger partial charge is 0.337 e. The lowest BCUT2D eigenvalue weighted by molar-refractivity contribution is 0.0600. The fourth-order valence-corrected chi connectivity index (χ4v) is 4.01. The molecule has 1 saturated carbocycles. The van der Waals surface area contributed by atoms with Crippen molar-refractivity contribution in [3.8, 4) is 0 Å². The van der Waals surface area contributed by atoms with Crippen LogP contribution in [0.15, 0.2) is 53.5 Å². The van der Waals surface area contributed by atoms with Crippen molar-refractivity contribution in [2.24, 2.45) is 4.99 Å². The molecule has 2 N–H and O–H groups in total. The number of nitrogens with one attached hydrogen (secondary N) is 2. The molecule has 0 aromatic heterocycles. The molecule has 5 heteroatoms. The van der Waals surface area contributed by atoms with Crippen LogP contribution in [-0.2, 0) is 11.3 Å². The van der Waals surface area contributed by atoms with Crippen LogP contribution in [0.5, 0.6) is 0 Å². The molecule has 2 aromatic rings. The zero-order valence-corrected chi connectivity index (χ0v) is 15.6. The fourth-order valence-electron chi connectivity index (χ4n) is 4.01. The number of methoxy groups -OCH3 is 1. The van der Waals surface area contributed by atoms with Crippen molar-refractivity contribution in [2.45, 2.75) is 44.2 Å². The summed E-state index contributed by atoms with van der Waals surface area (Å²) < 4.78 is 4.75. The van der Waals surface area contributed by atoms with Gasteiger partial charge in [-0.3, -0.25) is 4.99 Å². The van der Waals surface area contributed by atoms with E-state index in [9.17, 15) is 4.79 Å². The van der Waals surface area contributed by atoms with Gasteiger partial charge < -0.3 is 15.4 Å². The molecule has 0 atom stereocenters. The maximum absolute atomic E-state index is 11.6. The summed E-state index contributed by atoms with van der Waals surface area (Å²) in [5.74, 6) is 0.710. The topological polar surface area (TPSA) is 62.7 Å². The normalized spacial score (nSPS) is 19.1. The number of para-hydroxylation sites is 2. The second-order valence-corrected chi connectivity index (χ2v) is 7.29. The lowest BCUT2D eigenvalue weighted by Gasteiger charge is -2.44. The summed E-state index contributed by atoms with van der Waals surface area (Å²) in [7, 11) is 1.39. The largest absolute Gasteiger partial charge is 0.465 e. The predicted octanol–water partition coefficient (Wildman–Crippen LogP) is 4.61. The van der Waals surface area contributed by atoms with E-state index in [0.717, 1.165) is 35.6 Å². The van der Waals surface area contributed by atoms with Crippen LogP contribution >= 0.6 is 0 Å². The van der Waals surface area contributed by atoms with E-state index in [4.69, 9.17) is 9.73 Å². The number of nitrogens with zero attached hydrogens (tertiary/aromatic N) is 1. The molecular weight excluding hydrogens is 338 g/mol. The Hall–Kier alpha value is -2.82. The highest BCUT2D eigenvalue weighted by Gasteiger charge is 2.40. The minimum absolute atomic E-state index is 0.0987. The van der Waals surface area contributed by atoms with Gasteiger partial charge in [-0.25, -0.2) is 4.79 Å². The molecule has 0 unspecified atom stereocenters. The van der Waals surface area contributed by atoms with Gasteiger partial charge in [0.1, 0.15) is 5.84 Å². The van der Waals surface area contributed by atoms with E-state index in [0.29, 0.717) is 12.1 Å². The molecule has 0 bridgehead atoms. The number of esters is 1. The Balaban J connectivity index is 1.59. The van der Waals surface area contributed by atoms with Crippen LogP contribution in [0, 0.1) is 0 Å². The first kappa shape index (κ1) is 17.6. The van der Waals surface area contributed by atoms with Gasteiger partial charge in [0.25, 0.3) is 0 Å². The summed E-state index contributed by atoms with van der Waals surface area (Å²) in [4.78, 5) is 16.5. The first-order valence-corrected chi connectivity index (χ1v) is 9.57. The van der Waals surface area contributed by atoms with Crippen LogP contribution < -0.4 is 10.6 Å². The minimum Gasteiger partial charge on any atom is -0.465 e. The van der Waals surface area contributed by atoms with Crippen molar-refractivity contribution in [1.82, 2.24) is 0 Å². The van der Waals surface area contributed by atoms with E-state index < -0.39 is 0 Å². The molecule has 1 heterocycles. The Labute approximate surface area is 159 Å². The second-order valence-electron chi connectivity index (χ2n) is 7.29. The quantitative estimate of drug-likeness (QED) is 0.782. The average molecular weight is 363 g/mol. The molecule has 27 heavy (non-hydrogen) atoms. The number of carbonyl (C=O) groups excluding carboxylic acids is 1. The monoisotopic (exact) mass is 363 g/mol. The zero-order valence-electron chi connectivity index (χ0n) is 15.6. The van der Waals surface area contributed by atoms with Crippen LogP contribution in [0.4, 0.5) is 11.4 Å². The van der Waals surface area contributed by atoms with Gasteiger partial charge in [-0.2, -0.15) is 0 Å². The van der Waals surface area contributed by atoms with E-state index in [1.54, 1.807) is 12.1 Å². The zero-order chi connectivity index (χ0) is 18.7. The van der Waals surface area contributed by atoms with Gasteiger partial charge in [-0.05, 0) is 42.7 Å². The van der Waals surface area contributed by atoms with E-state index >= 15 is 0 Å². The Kier molecular flexibility index (Phi) is 4.84. The van der Waals surface area contributed by atoms with Crippen LogP contribution in [0.2, 0.25) is 0 Å². The Morgan fingerprint density at radius 1 is 1.04 bits per heavy atom. The summed E-state index contributed by atoms with van der Waals surface area (Å²) in [5, 5.41) is 7.36. The first-order chi connectivity index (χ1) is 13.2. The van der Waals surface area contributed by atoms with Gasteiger partial charge in [0.15, 0.2) is 0 Å². The van der Waals surface area contributed by atoms with Gasteiger partial charge >= 0.3 is 5.97 Å². The molecule has 1 spiro atoms. The number of rotatable bonds is 3. The number of fused-ring (bicyclic) bond motifs is 1. The summed E-state index contributed by atoms with van der Waals surface area (Å²) in [5.41, 5.74) is 3.76. The number of amidine groups is 1. The van der Waals surface area contributed by atoms with Crippen LogP contribution in [0.25, 0.3) is 0 Å². The molecule has 1 aliphatic heterocycles. The van der Waals surface area contributed by atoms with E-state index in [1.165, 1.54) is 26.4 Å². The van der Waals surface area contributed by atoms with Gasteiger partial charge in [0.2, 0.25) is 0 Å². The highest BCUT2D eigenvalue weighted by atomic mass is 16.5. The molecule has 5 nitrogen and oxygen atoms in total. The molecule has 140 valence electrons. The molecule has 1 aliphatic carbocycles. The number of anilines is 2. The fraction of sp³-hybridized carbons (Fsp3) is 0.364. The predicted molar refractivity (Wildman–Crippen MR) is 108 cm³/mol. The third-order valence-electron chi connectivity index (χ3n) is 5.51. The summed E-state index contributed by atoms with van der Waals surface area (Å²) in [6, 6.07) is 15.8. The SMILES string of the molecule is COC(=O)c1ccc(CN=C2Nc3ccccc3NC23CCCCC3)cc1. The van der Waals surface area contributed by atoms with Gasteiger partial charge in [0, 0.05) is 0 Å². The number of hydrogen-bond donors (Lipinski definition) is 2. The van der Waals surface area contributed by atoms with Crippen molar-refractivity contribution >= 4 is 23.2 Å². The van der Waals surface area contributed by atoms with Crippen LogP contribution in [0.3, 0.4) is 0 Å². The Morgan fingerprint density at radius 3 is 2.44 bits per heavy atom. The lowest BCUT2D eigenvalue weighted by atomic mass is 9.79. The summed E-state index contributed by atoms with van der Waals surface area (Å²) >= 11 is 0. The molecular formula is C22H25N3O2. The van der Waals surface area contributed by atoms with Crippen molar-refractivity contribution < 1.29 is 9.53 Å². The summed E-state index contributed by atoms with van der Waals surface area (Å²) in [6.07, 6.45) is 5.89. The van der Waals surface area contributed by atoms with Gasteiger partial charge in [0.05, 0.1) is 36.1 Å². The van der Waals surface area contributed by atoms with Crippen molar-refractivity contribution in [2.75, 3.05) is 17.7 Å². The highest BCUT2D eigenvalue weighted by molar-refractivity contribution is 6.09. The van der Waals surface area contributed by atoms with E-state index in [-0.39, 0.29) is 11.5 Å². The third kappa shape index (κ3) is 3.54. The molecule has 0 radical (unpaired) electrons. The molecule has 0 amide bonds. The number of benzene rings is 2.